The highest BCUT2D eigenvalue weighted by Crippen LogP contribution is 2.33. The number of nitrogens with zero attached hydrogens (tertiary/aromatic N) is 2. The van der Waals surface area contributed by atoms with E-state index in [0.29, 0.717) is 5.69 Å². The summed E-state index contributed by atoms with van der Waals surface area (Å²) in [5.41, 5.74) is 1.39. The van der Waals surface area contributed by atoms with Crippen LogP contribution in [0.4, 0.5) is 10.8 Å². The molecule has 1 N–H and O–H groups in total. The van der Waals surface area contributed by atoms with Crippen molar-refractivity contribution in [1.29, 1.82) is 0 Å². The predicted octanol–water partition coefficient (Wildman–Crippen LogP) is 4.35. The average molecular weight is 394 g/mol. The Hall–Kier alpha value is -1.83. The molecule has 25 heavy (non-hydrogen) atoms. The molecule has 2 aromatic carbocycles. The first kappa shape index (κ1) is 16.6. The van der Waals surface area contributed by atoms with Crippen molar-refractivity contribution in [2.45, 2.75) is 17.7 Å². The molecule has 0 atom stereocenters. The standard InChI is InChI=1S/C17H16ClN3O2S2/c18-13-5-1-2-6-16(13)25(22,23)20-12-7-8-14-15(11-12)24-17(19-14)21-9-3-4-10-21/h1-2,5-8,11,20H,3-4,9-10H2. The van der Waals surface area contributed by atoms with Crippen molar-refractivity contribution in [3.63, 3.8) is 0 Å². The number of fused-ring (bicyclic) bond motifs is 1. The van der Waals surface area contributed by atoms with Crippen molar-refractivity contribution in [2.75, 3.05) is 22.7 Å². The fourth-order valence-electron chi connectivity index (χ4n) is 2.89. The van der Waals surface area contributed by atoms with Gasteiger partial charge in [-0.2, -0.15) is 0 Å². The van der Waals surface area contributed by atoms with Crippen molar-refractivity contribution in [1.82, 2.24) is 4.98 Å². The Kier molecular flexibility index (Phi) is 4.31. The second-order valence-corrected chi connectivity index (χ2v) is 8.98. The third-order valence-corrected chi connectivity index (χ3v) is 7.09. The average Bonchev–Trinajstić information content (AvgIpc) is 3.23. The van der Waals surface area contributed by atoms with E-state index in [4.69, 9.17) is 11.6 Å². The van der Waals surface area contributed by atoms with Gasteiger partial charge < -0.3 is 4.90 Å². The summed E-state index contributed by atoms with van der Waals surface area (Å²) in [6.45, 7) is 2.07. The van der Waals surface area contributed by atoms with Gasteiger partial charge in [-0.3, -0.25) is 4.72 Å². The number of aromatic nitrogens is 1. The number of hydrogen-bond acceptors (Lipinski definition) is 5. The Morgan fingerprint density at radius 2 is 1.88 bits per heavy atom. The lowest BCUT2D eigenvalue weighted by Gasteiger charge is -2.11. The van der Waals surface area contributed by atoms with Gasteiger partial charge in [0, 0.05) is 13.1 Å². The lowest BCUT2D eigenvalue weighted by Crippen LogP contribution is -2.16. The smallest absolute Gasteiger partial charge is 0.263 e. The van der Waals surface area contributed by atoms with Crippen LogP contribution in [-0.4, -0.2) is 26.5 Å². The maximum absolute atomic E-state index is 12.6. The minimum Gasteiger partial charge on any atom is -0.348 e. The van der Waals surface area contributed by atoms with E-state index in [2.05, 4.69) is 14.6 Å². The highest BCUT2D eigenvalue weighted by atomic mass is 35.5. The highest BCUT2D eigenvalue weighted by molar-refractivity contribution is 7.92. The first-order chi connectivity index (χ1) is 12.0. The second-order valence-electron chi connectivity index (χ2n) is 5.91. The van der Waals surface area contributed by atoms with E-state index in [1.165, 1.54) is 18.9 Å². The molecule has 4 rings (SSSR count). The summed E-state index contributed by atoms with van der Waals surface area (Å²) in [7, 11) is -3.73. The van der Waals surface area contributed by atoms with Crippen LogP contribution in [0.15, 0.2) is 47.4 Å². The van der Waals surface area contributed by atoms with E-state index >= 15 is 0 Å². The minimum absolute atomic E-state index is 0.0684. The molecule has 130 valence electrons. The van der Waals surface area contributed by atoms with Gasteiger partial charge in [0.2, 0.25) is 0 Å². The summed E-state index contributed by atoms with van der Waals surface area (Å²) in [4.78, 5) is 7.00. The van der Waals surface area contributed by atoms with Gasteiger partial charge in [-0.15, -0.1) is 0 Å². The van der Waals surface area contributed by atoms with Crippen LogP contribution in [0, 0.1) is 0 Å². The second kappa shape index (κ2) is 6.48. The Labute approximate surface area is 155 Å². The van der Waals surface area contributed by atoms with E-state index in [-0.39, 0.29) is 9.92 Å². The van der Waals surface area contributed by atoms with Crippen LogP contribution in [0.1, 0.15) is 12.8 Å². The Balaban J connectivity index is 1.64. The molecule has 0 amide bonds. The molecule has 1 fully saturated rings. The van der Waals surface area contributed by atoms with Crippen molar-refractivity contribution < 1.29 is 8.42 Å². The number of nitrogens with one attached hydrogen (secondary N) is 1. The third-order valence-electron chi connectivity index (χ3n) is 4.13. The summed E-state index contributed by atoms with van der Waals surface area (Å²) >= 11 is 7.60. The molecule has 5 nitrogen and oxygen atoms in total. The fourth-order valence-corrected chi connectivity index (χ4v) is 5.52. The number of halogens is 1. The summed E-state index contributed by atoms with van der Waals surface area (Å²) < 4.78 is 28.7. The van der Waals surface area contributed by atoms with Crippen LogP contribution in [-0.2, 0) is 10.0 Å². The molecular weight excluding hydrogens is 378 g/mol. The van der Waals surface area contributed by atoms with Gasteiger partial charge in [-0.05, 0) is 43.2 Å². The largest absolute Gasteiger partial charge is 0.348 e. The summed E-state index contributed by atoms with van der Waals surface area (Å²) in [5, 5.41) is 1.20. The molecule has 0 radical (unpaired) electrons. The molecule has 3 aromatic rings. The van der Waals surface area contributed by atoms with E-state index in [1.54, 1.807) is 35.6 Å². The number of rotatable bonds is 4. The number of hydrogen-bond donors (Lipinski definition) is 1. The number of anilines is 2. The first-order valence-electron chi connectivity index (χ1n) is 7.96. The molecule has 0 unspecified atom stereocenters. The van der Waals surface area contributed by atoms with Crippen LogP contribution in [0.3, 0.4) is 0 Å². The van der Waals surface area contributed by atoms with E-state index in [0.717, 1.165) is 28.4 Å². The fraction of sp³-hybridized carbons (Fsp3) is 0.235. The normalized spacial score (nSPS) is 15.0. The number of sulfonamides is 1. The molecule has 8 heteroatoms. The Morgan fingerprint density at radius 3 is 2.64 bits per heavy atom. The monoisotopic (exact) mass is 393 g/mol. The SMILES string of the molecule is O=S(=O)(Nc1ccc2nc(N3CCCC3)sc2c1)c1ccccc1Cl. The van der Waals surface area contributed by atoms with E-state index in [1.807, 2.05) is 12.1 Å². The zero-order valence-corrected chi connectivity index (χ0v) is 15.7. The zero-order chi connectivity index (χ0) is 17.4. The number of thiazole rings is 1. The first-order valence-corrected chi connectivity index (χ1v) is 10.6. The van der Waals surface area contributed by atoms with Crippen LogP contribution in [0.2, 0.25) is 5.02 Å². The van der Waals surface area contributed by atoms with Gasteiger partial charge in [0.25, 0.3) is 10.0 Å². The Bertz CT molecular complexity index is 1030. The van der Waals surface area contributed by atoms with Gasteiger partial charge in [-0.25, -0.2) is 13.4 Å². The molecule has 1 aliphatic heterocycles. The van der Waals surface area contributed by atoms with Crippen molar-refractivity contribution in [3.05, 3.63) is 47.5 Å². The highest BCUT2D eigenvalue weighted by Gasteiger charge is 2.19. The van der Waals surface area contributed by atoms with Crippen molar-refractivity contribution >= 4 is 54.0 Å². The molecule has 2 heterocycles. The Morgan fingerprint density at radius 1 is 1.12 bits per heavy atom. The van der Waals surface area contributed by atoms with Gasteiger partial charge >= 0.3 is 0 Å². The van der Waals surface area contributed by atoms with Crippen LogP contribution in [0.5, 0.6) is 0 Å². The number of benzene rings is 2. The molecule has 0 spiro atoms. The summed E-state index contributed by atoms with van der Waals surface area (Å²) in [6.07, 6.45) is 2.39. The molecule has 1 aliphatic rings. The van der Waals surface area contributed by atoms with Crippen molar-refractivity contribution in [3.8, 4) is 0 Å². The topological polar surface area (TPSA) is 62.3 Å². The summed E-state index contributed by atoms with van der Waals surface area (Å²) in [6, 6.07) is 11.8. The molecule has 0 bridgehead atoms. The molecule has 0 aliphatic carbocycles. The maximum atomic E-state index is 12.6. The van der Waals surface area contributed by atoms with Crippen LogP contribution >= 0.6 is 22.9 Å². The predicted molar refractivity (Wildman–Crippen MR) is 103 cm³/mol. The van der Waals surface area contributed by atoms with Gasteiger partial charge in [-0.1, -0.05) is 35.1 Å². The summed E-state index contributed by atoms with van der Waals surface area (Å²) in [5.74, 6) is 0. The van der Waals surface area contributed by atoms with Gasteiger partial charge in [0.1, 0.15) is 4.90 Å². The van der Waals surface area contributed by atoms with Crippen molar-refractivity contribution in [2.24, 2.45) is 0 Å². The minimum atomic E-state index is -3.73. The maximum Gasteiger partial charge on any atom is 0.263 e. The molecule has 1 saturated heterocycles. The zero-order valence-electron chi connectivity index (χ0n) is 13.3. The molecule has 0 saturated carbocycles. The lowest BCUT2D eigenvalue weighted by molar-refractivity contribution is 0.601. The molecule has 1 aromatic heterocycles. The molecular formula is C17H16ClN3O2S2. The van der Waals surface area contributed by atoms with E-state index < -0.39 is 10.0 Å². The van der Waals surface area contributed by atoms with Gasteiger partial charge in [0.05, 0.1) is 20.9 Å². The van der Waals surface area contributed by atoms with Crippen LogP contribution < -0.4 is 9.62 Å². The quantitative estimate of drug-likeness (QED) is 0.715. The van der Waals surface area contributed by atoms with Gasteiger partial charge in [0.15, 0.2) is 5.13 Å². The third kappa shape index (κ3) is 3.31. The van der Waals surface area contributed by atoms with Crippen LogP contribution in [0.25, 0.3) is 10.2 Å². The van der Waals surface area contributed by atoms with E-state index in [9.17, 15) is 8.42 Å². The lowest BCUT2D eigenvalue weighted by atomic mass is 10.3.